The maximum absolute atomic E-state index is 13.7. The minimum atomic E-state index is -1.20. The lowest BCUT2D eigenvalue weighted by molar-refractivity contribution is -0.140. The minimum Gasteiger partial charge on any atom is -0.481 e. The van der Waals surface area contributed by atoms with Gasteiger partial charge in [-0.15, -0.1) is 0 Å². The predicted octanol–water partition coefficient (Wildman–Crippen LogP) is 2.21. The summed E-state index contributed by atoms with van der Waals surface area (Å²) in [7, 11) is 0. The number of hydrogen-bond acceptors (Lipinski definition) is 9. The summed E-state index contributed by atoms with van der Waals surface area (Å²) in [5.74, 6) is -2.34. The second-order valence-corrected chi connectivity index (χ2v) is 13.6. The molecular weight excluding hydrogens is 698 g/mol. The van der Waals surface area contributed by atoms with Gasteiger partial charge in [0.05, 0.1) is 5.69 Å². The lowest BCUT2D eigenvalue weighted by atomic mass is 10.1. The van der Waals surface area contributed by atoms with Gasteiger partial charge in [0, 0.05) is 51.8 Å². The summed E-state index contributed by atoms with van der Waals surface area (Å²) in [6.07, 6.45) is 2.39. The van der Waals surface area contributed by atoms with Crippen LogP contribution in [-0.4, -0.2) is 123 Å². The van der Waals surface area contributed by atoms with Crippen molar-refractivity contribution in [1.29, 1.82) is 0 Å². The van der Waals surface area contributed by atoms with Crippen molar-refractivity contribution in [3.63, 3.8) is 0 Å². The second kappa shape index (κ2) is 17.7. The van der Waals surface area contributed by atoms with Gasteiger partial charge in [-0.3, -0.25) is 24.0 Å². The summed E-state index contributed by atoms with van der Waals surface area (Å²) in [6.45, 7) is 1.46. The Labute approximate surface area is 312 Å². The first-order valence-corrected chi connectivity index (χ1v) is 18.3. The summed E-state index contributed by atoms with van der Waals surface area (Å²) >= 11 is 0. The lowest BCUT2D eigenvalue weighted by Crippen LogP contribution is -2.56. The highest BCUT2D eigenvalue weighted by Gasteiger charge is 2.36. The Morgan fingerprint density at radius 2 is 1.56 bits per heavy atom. The number of ether oxygens (including phenoxy) is 2. The largest absolute Gasteiger partial charge is 0.481 e. The fraction of sp³-hybridized carbons (Fsp3) is 0.447. The van der Waals surface area contributed by atoms with Crippen molar-refractivity contribution in [2.75, 3.05) is 45.9 Å². The molecule has 3 aromatic rings. The molecule has 0 bridgehead atoms. The molecule has 1 aliphatic carbocycles. The lowest BCUT2D eigenvalue weighted by Gasteiger charge is -2.36. The first-order valence-electron chi connectivity index (χ1n) is 18.3. The van der Waals surface area contributed by atoms with E-state index in [0.29, 0.717) is 37.5 Å². The van der Waals surface area contributed by atoms with E-state index in [2.05, 4.69) is 15.7 Å². The second-order valence-electron chi connectivity index (χ2n) is 13.6. The van der Waals surface area contributed by atoms with Crippen molar-refractivity contribution >= 4 is 35.7 Å². The number of para-hydroxylation sites is 1. The third-order valence-corrected chi connectivity index (χ3v) is 9.70. The molecule has 0 spiro atoms. The van der Waals surface area contributed by atoms with Gasteiger partial charge >= 0.3 is 12.1 Å². The highest BCUT2D eigenvalue weighted by atomic mass is 16.6. The zero-order valence-electron chi connectivity index (χ0n) is 29.9. The molecule has 2 saturated heterocycles. The first kappa shape index (κ1) is 37.8. The van der Waals surface area contributed by atoms with Gasteiger partial charge in [0.15, 0.2) is 12.3 Å². The fourth-order valence-electron chi connectivity index (χ4n) is 6.47. The third kappa shape index (κ3) is 9.93. The molecule has 2 aliphatic heterocycles. The van der Waals surface area contributed by atoms with E-state index in [1.807, 2.05) is 30.3 Å². The SMILES string of the molecule is O=C(O)CC[C@H](NC(=O)c1cc(OCC(=O)N2CCC[C@H]2C(=O)NCC2CC2)n(-c2ccccc2)n1)C(=O)N1CCN(C(=O)OCc2ccccc2)CC1. The number of rotatable bonds is 15. The predicted molar refractivity (Wildman–Crippen MR) is 192 cm³/mol. The highest BCUT2D eigenvalue weighted by Crippen LogP contribution is 2.28. The van der Waals surface area contributed by atoms with Crippen molar-refractivity contribution in [3.05, 3.63) is 78.0 Å². The number of aliphatic carboxylic acids is 1. The summed E-state index contributed by atoms with van der Waals surface area (Å²) in [4.78, 5) is 82.1. The number of carboxylic acids is 1. The van der Waals surface area contributed by atoms with E-state index in [1.54, 1.807) is 30.3 Å². The van der Waals surface area contributed by atoms with E-state index in [9.17, 15) is 33.9 Å². The molecule has 1 saturated carbocycles. The first-order chi connectivity index (χ1) is 26.2. The van der Waals surface area contributed by atoms with Crippen LogP contribution >= 0.6 is 0 Å². The number of benzene rings is 2. The Kier molecular flexibility index (Phi) is 12.4. The van der Waals surface area contributed by atoms with Gasteiger partial charge in [-0.1, -0.05) is 48.5 Å². The molecule has 2 atom stereocenters. The molecule has 0 radical (unpaired) electrons. The number of nitrogens with one attached hydrogen (secondary N) is 2. The van der Waals surface area contributed by atoms with Crippen LogP contribution < -0.4 is 15.4 Å². The molecule has 3 aliphatic rings. The number of nitrogens with zero attached hydrogens (tertiary/aromatic N) is 5. The zero-order valence-corrected chi connectivity index (χ0v) is 29.9. The molecule has 6 rings (SSSR count). The van der Waals surface area contributed by atoms with Crippen LogP contribution in [-0.2, 0) is 30.5 Å². The monoisotopic (exact) mass is 743 g/mol. The zero-order chi connectivity index (χ0) is 38.0. The summed E-state index contributed by atoms with van der Waals surface area (Å²) in [5, 5.41) is 19.4. The normalized spacial score (nSPS) is 17.4. The van der Waals surface area contributed by atoms with Crippen LogP contribution in [0.25, 0.3) is 5.69 Å². The molecule has 16 heteroatoms. The van der Waals surface area contributed by atoms with E-state index in [1.165, 1.54) is 25.4 Å². The molecule has 2 aromatic carbocycles. The maximum atomic E-state index is 13.7. The number of aromatic nitrogens is 2. The Bertz CT molecular complexity index is 1810. The van der Waals surface area contributed by atoms with Crippen molar-refractivity contribution in [3.8, 4) is 11.6 Å². The number of carbonyl (C=O) groups excluding carboxylic acids is 5. The van der Waals surface area contributed by atoms with Gasteiger partial charge in [0.2, 0.25) is 17.7 Å². The number of carboxylic acid groups (broad SMARTS) is 1. The van der Waals surface area contributed by atoms with Crippen LogP contribution in [0.3, 0.4) is 0 Å². The number of carbonyl (C=O) groups is 6. The van der Waals surface area contributed by atoms with Gasteiger partial charge in [-0.05, 0) is 55.7 Å². The van der Waals surface area contributed by atoms with Crippen molar-refractivity contribution in [2.24, 2.45) is 5.92 Å². The van der Waals surface area contributed by atoms with E-state index in [4.69, 9.17) is 9.47 Å². The van der Waals surface area contributed by atoms with Crippen LogP contribution in [0.4, 0.5) is 4.79 Å². The smallest absolute Gasteiger partial charge is 0.410 e. The molecule has 286 valence electrons. The Morgan fingerprint density at radius 1 is 0.870 bits per heavy atom. The number of amides is 5. The van der Waals surface area contributed by atoms with Gasteiger partial charge in [0.1, 0.15) is 18.7 Å². The number of piperazine rings is 1. The van der Waals surface area contributed by atoms with E-state index >= 15 is 0 Å². The molecule has 3 N–H and O–H groups in total. The van der Waals surface area contributed by atoms with Gasteiger partial charge < -0.3 is 39.9 Å². The van der Waals surface area contributed by atoms with Crippen LogP contribution in [0.15, 0.2) is 66.7 Å². The van der Waals surface area contributed by atoms with E-state index in [0.717, 1.165) is 18.4 Å². The average molecular weight is 744 g/mol. The summed E-state index contributed by atoms with van der Waals surface area (Å²) in [6, 6.07) is 17.6. The van der Waals surface area contributed by atoms with Crippen LogP contribution in [0.2, 0.25) is 0 Å². The molecular formula is C38H45N7O9. The number of hydrogen-bond donors (Lipinski definition) is 3. The quantitative estimate of drug-likeness (QED) is 0.208. The van der Waals surface area contributed by atoms with E-state index < -0.39 is 42.6 Å². The van der Waals surface area contributed by atoms with Crippen molar-refractivity contribution in [2.45, 2.75) is 57.2 Å². The standard InChI is InChI=1S/C38H45N7O9/c46-32(44-17-7-12-31(44)36(50)39-23-26-13-14-26)25-53-33-22-30(41-45(33)28-10-5-2-6-11-28)35(49)40-29(15-16-34(47)48)37(51)42-18-20-43(21-19-42)38(52)54-24-27-8-3-1-4-9-27/h1-6,8-11,22,26,29,31H,7,12-21,23-25H2,(H,39,50)(H,40,49)(H,47,48)/t29-,31-/m0/s1. The molecule has 16 nitrogen and oxygen atoms in total. The van der Waals surface area contributed by atoms with Gasteiger partial charge in [-0.2, -0.15) is 5.10 Å². The molecule has 0 unspecified atom stereocenters. The summed E-state index contributed by atoms with van der Waals surface area (Å²) < 4.78 is 12.7. The molecule has 5 amide bonds. The van der Waals surface area contributed by atoms with E-state index in [-0.39, 0.29) is 69.0 Å². The fourth-order valence-corrected chi connectivity index (χ4v) is 6.47. The van der Waals surface area contributed by atoms with Crippen molar-refractivity contribution in [1.82, 2.24) is 35.1 Å². The Hall–Kier alpha value is -5.93. The maximum Gasteiger partial charge on any atom is 0.410 e. The van der Waals surface area contributed by atoms with Crippen LogP contribution in [0.1, 0.15) is 54.6 Å². The number of likely N-dealkylation sites (tertiary alicyclic amines) is 1. The third-order valence-electron chi connectivity index (χ3n) is 9.70. The molecule has 1 aromatic heterocycles. The molecule has 3 fully saturated rings. The molecule has 3 heterocycles. The Morgan fingerprint density at radius 3 is 2.24 bits per heavy atom. The average Bonchev–Trinajstić information content (AvgIpc) is 3.71. The highest BCUT2D eigenvalue weighted by molar-refractivity contribution is 5.96. The van der Waals surface area contributed by atoms with Gasteiger partial charge in [0.25, 0.3) is 11.8 Å². The minimum absolute atomic E-state index is 0.0808. The van der Waals surface area contributed by atoms with Crippen LogP contribution in [0.5, 0.6) is 5.88 Å². The van der Waals surface area contributed by atoms with Gasteiger partial charge in [-0.25, -0.2) is 9.48 Å². The van der Waals surface area contributed by atoms with Crippen molar-refractivity contribution < 1.29 is 43.3 Å². The summed E-state index contributed by atoms with van der Waals surface area (Å²) in [5.41, 5.74) is 1.26. The molecule has 54 heavy (non-hydrogen) atoms. The topological polar surface area (TPSA) is 193 Å². The van der Waals surface area contributed by atoms with Crippen LogP contribution in [0, 0.1) is 5.92 Å². The Balaban J connectivity index is 1.09.